The van der Waals surface area contributed by atoms with Crippen molar-refractivity contribution in [1.29, 1.82) is 0 Å². The number of carbonyl (C=O) groups excluding carboxylic acids is 3. The second kappa shape index (κ2) is 10.7. The van der Waals surface area contributed by atoms with Crippen molar-refractivity contribution in [2.75, 3.05) is 6.54 Å². The molecule has 3 aliphatic rings. The number of aromatic nitrogens is 2. The van der Waals surface area contributed by atoms with Crippen LogP contribution in [0.3, 0.4) is 0 Å². The summed E-state index contributed by atoms with van der Waals surface area (Å²) in [7, 11) is 1.84. The Morgan fingerprint density at radius 3 is 2.50 bits per heavy atom. The number of hydrogen-bond acceptors (Lipinski definition) is 5. The van der Waals surface area contributed by atoms with Crippen LogP contribution < -0.4 is 5.32 Å². The maximum Gasteiger partial charge on any atom is 0.325 e. The summed E-state index contributed by atoms with van der Waals surface area (Å²) in [5, 5.41) is 16.5. The van der Waals surface area contributed by atoms with Crippen molar-refractivity contribution in [2.45, 2.75) is 56.7 Å². The predicted molar refractivity (Wildman–Crippen MR) is 149 cm³/mol. The molecular formula is C31H32FN5O5. The lowest BCUT2D eigenvalue weighted by molar-refractivity contribution is -0.145. The van der Waals surface area contributed by atoms with Gasteiger partial charge in [-0.1, -0.05) is 30.3 Å². The van der Waals surface area contributed by atoms with Crippen molar-refractivity contribution in [1.82, 2.24) is 24.9 Å². The molecular weight excluding hydrogens is 541 g/mol. The maximum absolute atomic E-state index is 13.9. The lowest BCUT2D eigenvalue weighted by atomic mass is 9.85. The van der Waals surface area contributed by atoms with Crippen molar-refractivity contribution in [3.8, 4) is 11.1 Å². The molecule has 10 nitrogen and oxygen atoms in total. The van der Waals surface area contributed by atoms with Gasteiger partial charge in [0.15, 0.2) is 0 Å². The largest absolute Gasteiger partial charge is 0.481 e. The molecule has 4 amide bonds. The smallest absolute Gasteiger partial charge is 0.325 e. The number of amides is 4. The van der Waals surface area contributed by atoms with Crippen LogP contribution in [0.4, 0.5) is 9.18 Å². The van der Waals surface area contributed by atoms with Gasteiger partial charge in [0.2, 0.25) is 5.91 Å². The lowest BCUT2D eigenvalue weighted by Crippen LogP contribution is -2.48. The first-order chi connectivity index (χ1) is 20.1. The molecule has 6 rings (SSSR count). The molecule has 1 atom stereocenters. The van der Waals surface area contributed by atoms with Crippen LogP contribution in [0.1, 0.15) is 48.8 Å². The van der Waals surface area contributed by atoms with E-state index < -0.39 is 47.6 Å². The van der Waals surface area contributed by atoms with Crippen LogP contribution in [0, 0.1) is 11.7 Å². The number of aryl methyl sites for hydroxylation is 2. The van der Waals surface area contributed by atoms with E-state index in [4.69, 9.17) is 0 Å². The molecule has 2 aromatic carbocycles. The van der Waals surface area contributed by atoms with Gasteiger partial charge in [-0.3, -0.25) is 24.0 Å². The average Bonchev–Trinajstić information content (AvgIpc) is 3.65. The molecule has 218 valence electrons. The van der Waals surface area contributed by atoms with E-state index >= 15 is 0 Å². The molecule has 1 unspecified atom stereocenters. The Morgan fingerprint density at radius 1 is 1.10 bits per heavy atom. The summed E-state index contributed by atoms with van der Waals surface area (Å²) < 4.78 is 15.3. The number of nitrogens with zero attached hydrogens (tertiary/aromatic N) is 4. The number of halogens is 1. The molecule has 2 heterocycles. The molecule has 1 saturated heterocycles. The molecule has 2 fully saturated rings. The van der Waals surface area contributed by atoms with Crippen LogP contribution >= 0.6 is 0 Å². The zero-order chi connectivity index (χ0) is 29.6. The highest BCUT2D eigenvalue weighted by Crippen LogP contribution is 2.43. The number of carboxylic acid groups (broad SMARTS) is 1. The SMILES string of the molecule is Cn1cc(-c2ccc3c(c2)CCC32NC(=O)N(CC(=O)N(Cc3ccc(F)cc3)C3CCC(C(=O)O)CC3)C2=O)cn1. The summed E-state index contributed by atoms with van der Waals surface area (Å²) in [4.78, 5) is 54.9. The Morgan fingerprint density at radius 2 is 1.83 bits per heavy atom. The highest BCUT2D eigenvalue weighted by atomic mass is 19.1. The average molecular weight is 574 g/mol. The molecule has 1 saturated carbocycles. The number of rotatable bonds is 7. The summed E-state index contributed by atoms with van der Waals surface area (Å²) in [6.45, 7) is -0.272. The summed E-state index contributed by atoms with van der Waals surface area (Å²) in [6.07, 6.45) is 6.51. The minimum Gasteiger partial charge on any atom is -0.481 e. The minimum absolute atomic E-state index is 0.163. The van der Waals surface area contributed by atoms with E-state index in [2.05, 4.69) is 10.4 Å². The van der Waals surface area contributed by atoms with Crippen LogP contribution in [0.5, 0.6) is 0 Å². The zero-order valence-electron chi connectivity index (χ0n) is 23.3. The molecule has 42 heavy (non-hydrogen) atoms. The van der Waals surface area contributed by atoms with Gasteiger partial charge in [-0.2, -0.15) is 5.10 Å². The molecule has 2 aliphatic carbocycles. The van der Waals surface area contributed by atoms with Gasteiger partial charge in [-0.15, -0.1) is 0 Å². The van der Waals surface area contributed by atoms with Gasteiger partial charge in [0.25, 0.3) is 5.91 Å². The maximum atomic E-state index is 13.9. The number of nitrogens with one attached hydrogen (secondary N) is 1. The van der Waals surface area contributed by atoms with Crippen molar-refractivity contribution < 1.29 is 28.7 Å². The van der Waals surface area contributed by atoms with Gasteiger partial charge >= 0.3 is 12.0 Å². The van der Waals surface area contributed by atoms with Gasteiger partial charge in [0.05, 0.1) is 12.1 Å². The third kappa shape index (κ3) is 4.93. The van der Waals surface area contributed by atoms with Crippen LogP contribution in [-0.2, 0) is 39.9 Å². The van der Waals surface area contributed by atoms with Crippen molar-refractivity contribution in [2.24, 2.45) is 13.0 Å². The minimum atomic E-state index is -1.22. The number of hydrogen-bond donors (Lipinski definition) is 2. The Bertz CT molecular complexity index is 1560. The molecule has 1 aliphatic heterocycles. The number of benzene rings is 2. The molecule has 0 radical (unpaired) electrons. The quantitative estimate of drug-likeness (QED) is 0.417. The van der Waals surface area contributed by atoms with Gasteiger partial charge in [0, 0.05) is 31.4 Å². The number of urea groups is 1. The molecule has 1 spiro atoms. The third-order valence-corrected chi connectivity index (χ3v) is 8.91. The van der Waals surface area contributed by atoms with Gasteiger partial charge < -0.3 is 15.3 Å². The Labute approximate surface area is 242 Å². The number of imide groups is 1. The van der Waals surface area contributed by atoms with E-state index in [1.807, 2.05) is 31.4 Å². The second-order valence-corrected chi connectivity index (χ2v) is 11.5. The fourth-order valence-electron chi connectivity index (χ4n) is 6.61. The first-order valence-electron chi connectivity index (χ1n) is 14.2. The Kier molecular flexibility index (Phi) is 7.04. The highest BCUT2D eigenvalue weighted by Gasteiger charge is 2.56. The summed E-state index contributed by atoms with van der Waals surface area (Å²) in [6, 6.07) is 10.7. The van der Waals surface area contributed by atoms with E-state index in [1.165, 1.54) is 12.1 Å². The normalized spacial score (nSPS) is 23.2. The highest BCUT2D eigenvalue weighted by molar-refractivity contribution is 6.10. The summed E-state index contributed by atoms with van der Waals surface area (Å²) in [5.74, 6) is -2.57. The van der Waals surface area contributed by atoms with Crippen LogP contribution in [0.15, 0.2) is 54.9 Å². The summed E-state index contributed by atoms with van der Waals surface area (Å²) >= 11 is 0. The van der Waals surface area contributed by atoms with E-state index in [9.17, 15) is 28.7 Å². The van der Waals surface area contributed by atoms with Crippen molar-refractivity contribution in [3.63, 3.8) is 0 Å². The van der Waals surface area contributed by atoms with Crippen LogP contribution in [0.25, 0.3) is 11.1 Å². The van der Waals surface area contributed by atoms with Gasteiger partial charge in [0.1, 0.15) is 17.9 Å². The molecule has 1 aromatic heterocycles. The standard InChI is InChI=1S/C31H32FN5O5/c1-35-17-23(15-33-35)21-6-11-26-22(14-21)12-13-31(26)29(41)37(30(42)34-31)18-27(38)36(16-19-2-7-24(32)8-3-19)25-9-4-20(5-10-25)28(39)40/h2-3,6-8,11,14-15,17,20,25H,4-5,9-10,12-13,16,18H2,1H3,(H,34,42)(H,39,40). The third-order valence-electron chi connectivity index (χ3n) is 8.91. The van der Waals surface area contributed by atoms with E-state index in [0.717, 1.165) is 27.2 Å². The monoisotopic (exact) mass is 573 g/mol. The molecule has 2 N–H and O–H groups in total. The van der Waals surface area contributed by atoms with Gasteiger partial charge in [-0.25, -0.2) is 9.18 Å². The fourth-order valence-corrected chi connectivity index (χ4v) is 6.61. The number of carbonyl (C=O) groups is 4. The van der Waals surface area contributed by atoms with Crippen molar-refractivity contribution in [3.05, 3.63) is 77.4 Å². The second-order valence-electron chi connectivity index (χ2n) is 11.5. The lowest BCUT2D eigenvalue weighted by Gasteiger charge is -2.36. The summed E-state index contributed by atoms with van der Waals surface area (Å²) in [5.41, 5.74) is 3.10. The van der Waals surface area contributed by atoms with E-state index in [0.29, 0.717) is 44.1 Å². The zero-order valence-corrected chi connectivity index (χ0v) is 23.3. The van der Waals surface area contributed by atoms with Gasteiger partial charge in [-0.05, 0) is 72.9 Å². The molecule has 3 aromatic rings. The first-order valence-corrected chi connectivity index (χ1v) is 14.2. The Balaban J connectivity index is 1.22. The molecule has 0 bridgehead atoms. The van der Waals surface area contributed by atoms with E-state index in [-0.39, 0.29) is 12.6 Å². The van der Waals surface area contributed by atoms with Crippen molar-refractivity contribution >= 4 is 23.8 Å². The van der Waals surface area contributed by atoms with Crippen LogP contribution in [-0.4, -0.2) is 61.1 Å². The topological polar surface area (TPSA) is 125 Å². The Hall–Kier alpha value is -4.54. The number of aliphatic carboxylic acids is 1. The van der Waals surface area contributed by atoms with Crippen LogP contribution in [0.2, 0.25) is 0 Å². The molecule has 11 heteroatoms. The van der Waals surface area contributed by atoms with E-state index in [1.54, 1.807) is 27.9 Å². The number of fused-ring (bicyclic) bond motifs is 2. The fraction of sp³-hybridized carbons (Fsp3) is 0.387. The first kappa shape index (κ1) is 27.6. The number of carboxylic acids is 1. The predicted octanol–water partition coefficient (Wildman–Crippen LogP) is 3.59.